The quantitative estimate of drug-likeness (QED) is 0.267. The van der Waals surface area contributed by atoms with Crippen LogP contribution < -0.4 is 25.9 Å². The van der Waals surface area contributed by atoms with Crippen molar-refractivity contribution in [3.8, 4) is 34.1 Å². The fourth-order valence-corrected chi connectivity index (χ4v) is 6.55. The summed E-state index contributed by atoms with van der Waals surface area (Å²) in [7, 11) is 0. The van der Waals surface area contributed by atoms with E-state index in [2.05, 4.69) is 78.9 Å². The number of rotatable bonds is 1. The average Bonchev–Trinajstić information content (AvgIpc) is 3.26. The number of para-hydroxylation sites is 1. The number of ether oxygens (including phenoxy) is 2. The standard InChI is InChI=1S/C30H17BO2S/c1-4-11-28-20(6-1)21-16-18(13-15-29(21)34-28)19-12-14-23-27(17-19)33-26-10-5-9-25-30(26)31(23)22-7-2-3-8-24(22)32-25/h1-17H. The van der Waals surface area contributed by atoms with Gasteiger partial charge in [-0.1, -0.05) is 60.7 Å². The van der Waals surface area contributed by atoms with Gasteiger partial charge in [-0.3, -0.25) is 0 Å². The van der Waals surface area contributed by atoms with Crippen molar-refractivity contribution in [3.63, 3.8) is 0 Å². The molecule has 6 aromatic rings. The van der Waals surface area contributed by atoms with E-state index in [1.165, 1.54) is 36.7 Å². The Morgan fingerprint density at radius 1 is 0.500 bits per heavy atom. The normalized spacial score (nSPS) is 13.1. The first-order valence-corrected chi connectivity index (χ1v) is 12.3. The van der Waals surface area contributed by atoms with E-state index in [4.69, 9.17) is 9.47 Å². The van der Waals surface area contributed by atoms with Gasteiger partial charge >= 0.3 is 0 Å². The Bertz CT molecular complexity index is 1780. The minimum Gasteiger partial charge on any atom is -0.458 e. The summed E-state index contributed by atoms with van der Waals surface area (Å²) in [6.07, 6.45) is 0. The predicted molar refractivity (Wildman–Crippen MR) is 142 cm³/mol. The number of hydrogen-bond acceptors (Lipinski definition) is 3. The zero-order valence-corrected chi connectivity index (χ0v) is 18.9. The van der Waals surface area contributed by atoms with Gasteiger partial charge in [-0.05, 0) is 64.5 Å². The highest BCUT2D eigenvalue weighted by molar-refractivity contribution is 7.25. The summed E-state index contributed by atoms with van der Waals surface area (Å²) >= 11 is 1.85. The van der Waals surface area contributed by atoms with Gasteiger partial charge in [0.25, 0.3) is 6.71 Å². The van der Waals surface area contributed by atoms with E-state index in [1.807, 2.05) is 35.6 Å². The lowest BCUT2D eigenvalue weighted by molar-refractivity contribution is 0.464. The van der Waals surface area contributed by atoms with Gasteiger partial charge in [0.05, 0.1) is 0 Å². The van der Waals surface area contributed by atoms with Crippen molar-refractivity contribution >= 4 is 54.6 Å². The Morgan fingerprint density at radius 3 is 2.12 bits per heavy atom. The van der Waals surface area contributed by atoms with Crippen LogP contribution >= 0.6 is 11.3 Å². The largest absolute Gasteiger partial charge is 0.458 e. The molecule has 0 N–H and O–H groups in total. The summed E-state index contributed by atoms with van der Waals surface area (Å²) in [6, 6.07) is 36.5. The van der Waals surface area contributed by atoms with Crippen LogP contribution in [-0.4, -0.2) is 6.71 Å². The molecule has 2 nitrogen and oxygen atoms in total. The lowest BCUT2D eigenvalue weighted by Crippen LogP contribution is -2.57. The van der Waals surface area contributed by atoms with Crippen molar-refractivity contribution in [2.45, 2.75) is 0 Å². The van der Waals surface area contributed by atoms with Gasteiger partial charge in [-0.2, -0.15) is 0 Å². The maximum atomic E-state index is 6.47. The first-order chi connectivity index (χ1) is 16.8. The van der Waals surface area contributed by atoms with Gasteiger partial charge < -0.3 is 9.47 Å². The summed E-state index contributed by atoms with van der Waals surface area (Å²) < 4.78 is 15.3. The van der Waals surface area contributed by atoms with E-state index in [0.29, 0.717) is 0 Å². The van der Waals surface area contributed by atoms with Crippen LogP contribution in [0.5, 0.6) is 23.0 Å². The molecule has 34 heavy (non-hydrogen) atoms. The number of benzene rings is 5. The van der Waals surface area contributed by atoms with Crippen LogP contribution in [0, 0.1) is 0 Å². The molecule has 3 heterocycles. The van der Waals surface area contributed by atoms with Crippen LogP contribution in [-0.2, 0) is 0 Å². The molecule has 4 heteroatoms. The Morgan fingerprint density at radius 2 is 1.18 bits per heavy atom. The second-order valence-corrected chi connectivity index (χ2v) is 9.99. The van der Waals surface area contributed by atoms with Crippen molar-refractivity contribution in [1.29, 1.82) is 0 Å². The molecule has 0 saturated carbocycles. The molecule has 0 amide bonds. The highest BCUT2D eigenvalue weighted by atomic mass is 32.1. The van der Waals surface area contributed by atoms with E-state index in [-0.39, 0.29) is 6.71 Å². The van der Waals surface area contributed by atoms with E-state index in [9.17, 15) is 0 Å². The average molecular weight is 452 g/mol. The minimum atomic E-state index is 0.109. The van der Waals surface area contributed by atoms with Crippen LogP contribution in [0.3, 0.4) is 0 Å². The van der Waals surface area contributed by atoms with Gasteiger partial charge in [0.2, 0.25) is 0 Å². The van der Waals surface area contributed by atoms with Gasteiger partial charge in [-0.25, -0.2) is 0 Å². The molecule has 0 unspecified atom stereocenters. The second-order valence-electron chi connectivity index (χ2n) is 8.90. The number of fused-ring (bicyclic) bond motifs is 7. The maximum absolute atomic E-state index is 6.47. The molecule has 0 bridgehead atoms. The summed E-state index contributed by atoms with van der Waals surface area (Å²) in [5.41, 5.74) is 5.85. The molecule has 158 valence electrons. The molecule has 0 saturated heterocycles. The van der Waals surface area contributed by atoms with E-state index in [0.717, 1.165) is 34.0 Å². The molecule has 0 spiro atoms. The first-order valence-electron chi connectivity index (χ1n) is 11.5. The van der Waals surface area contributed by atoms with E-state index in [1.54, 1.807) is 0 Å². The Hall–Kier alpha value is -4.02. The summed E-state index contributed by atoms with van der Waals surface area (Å²) in [5, 5.41) is 2.63. The molecular formula is C30H17BO2S. The van der Waals surface area contributed by atoms with E-state index < -0.39 is 0 Å². The van der Waals surface area contributed by atoms with Crippen LogP contribution in [0.15, 0.2) is 103 Å². The molecule has 5 aromatic carbocycles. The van der Waals surface area contributed by atoms with Gasteiger partial charge in [0.1, 0.15) is 23.0 Å². The minimum absolute atomic E-state index is 0.109. The third-order valence-electron chi connectivity index (χ3n) is 7.02. The Labute approximate surface area is 201 Å². The first kappa shape index (κ1) is 18.4. The summed E-state index contributed by atoms with van der Waals surface area (Å²) in [6.45, 7) is 0.109. The highest BCUT2D eigenvalue weighted by Gasteiger charge is 2.39. The van der Waals surface area contributed by atoms with Gasteiger partial charge in [-0.15, -0.1) is 11.3 Å². The molecule has 0 radical (unpaired) electrons. The van der Waals surface area contributed by atoms with E-state index >= 15 is 0 Å². The van der Waals surface area contributed by atoms with Crippen LogP contribution in [0.2, 0.25) is 0 Å². The van der Waals surface area contributed by atoms with Crippen molar-refractivity contribution in [1.82, 2.24) is 0 Å². The number of hydrogen-bond donors (Lipinski definition) is 0. The molecule has 0 aliphatic carbocycles. The SMILES string of the molecule is c1ccc2c(c1)Oc1cccc3c1B2c1ccc(-c2ccc4sc5ccccc5c4c2)cc1O3. The predicted octanol–water partition coefficient (Wildman–Crippen LogP) is 6.45. The van der Waals surface area contributed by atoms with Crippen LogP contribution in [0.1, 0.15) is 0 Å². The highest BCUT2D eigenvalue weighted by Crippen LogP contribution is 2.38. The third-order valence-corrected chi connectivity index (χ3v) is 8.17. The summed E-state index contributed by atoms with van der Waals surface area (Å²) in [5.74, 6) is 3.59. The van der Waals surface area contributed by atoms with Crippen molar-refractivity contribution in [3.05, 3.63) is 103 Å². The Kier molecular flexibility index (Phi) is 3.66. The zero-order chi connectivity index (χ0) is 22.2. The molecule has 2 aliphatic rings. The zero-order valence-electron chi connectivity index (χ0n) is 18.1. The molecule has 2 aliphatic heterocycles. The van der Waals surface area contributed by atoms with Crippen LogP contribution in [0.4, 0.5) is 0 Å². The monoisotopic (exact) mass is 452 g/mol. The smallest absolute Gasteiger partial charge is 0.260 e. The van der Waals surface area contributed by atoms with Crippen molar-refractivity contribution < 1.29 is 9.47 Å². The molecule has 0 atom stereocenters. The molecular weight excluding hydrogens is 435 g/mol. The van der Waals surface area contributed by atoms with Crippen molar-refractivity contribution in [2.24, 2.45) is 0 Å². The van der Waals surface area contributed by atoms with Crippen LogP contribution in [0.25, 0.3) is 31.3 Å². The van der Waals surface area contributed by atoms with Gasteiger partial charge in [0, 0.05) is 25.6 Å². The molecule has 0 fully saturated rings. The van der Waals surface area contributed by atoms with Gasteiger partial charge in [0.15, 0.2) is 0 Å². The second kappa shape index (κ2) is 6.75. The Balaban J connectivity index is 1.31. The fraction of sp³-hybridized carbons (Fsp3) is 0. The topological polar surface area (TPSA) is 18.5 Å². The summed E-state index contributed by atoms with van der Waals surface area (Å²) in [4.78, 5) is 0. The fourth-order valence-electron chi connectivity index (χ4n) is 5.46. The lowest BCUT2D eigenvalue weighted by atomic mass is 9.35. The maximum Gasteiger partial charge on any atom is 0.260 e. The molecule has 8 rings (SSSR count). The van der Waals surface area contributed by atoms with Crippen molar-refractivity contribution in [2.75, 3.05) is 0 Å². The number of thiophene rings is 1. The lowest BCUT2D eigenvalue weighted by Gasteiger charge is -2.32. The molecule has 1 aromatic heterocycles. The third kappa shape index (κ3) is 2.52.